The fourth-order valence-corrected chi connectivity index (χ4v) is 2.38. The summed E-state index contributed by atoms with van der Waals surface area (Å²) >= 11 is 5.58. The quantitative estimate of drug-likeness (QED) is 0.596. The first-order chi connectivity index (χ1) is 10.4. The number of para-hydroxylation sites is 1. The van der Waals surface area contributed by atoms with Gasteiger partial charge >= 0.3 is 6.18 Å². The van der Waals surface area contributed by atoms with E-state index in [-0.39, 0.29) is 10.7 Å². The molecule has 3 aromatic rings. The number of aliphatic imine (C=N–C) groups is 1. The molecule has 1 N–H and O–H groups in total. The van der Waals surface area contributed by atoms with Gasteiger partial charge in [0.1, 0.15) is 0 Å². The zero-order chi connectivity index (χ0) is 15.7. The number of hydrogen-bond acceptors (Lipinski definition) is 1. The molecule has 2 nitrogen and oxygen atoms in total. The van der Waals surface area contributed by atoms with Gasteiger partial charge in [-0.05, 0) is 24.3 Å². The van der Waals surface area contributed by atoms with E-state index >= 15 is 0 Å². The van der Waals surface area contributed by atoms with Crippen LogP contribution in [0, 0.1) is 0 Å². The van der Waals surface area contributed by atoms with E-state index in [0.29, 0.717) is 0 Å². The molecule has 0 atom stereocenters. The molecule has 0 unspecified atom stereocenters. The highest BCUT2D eigenvalue weighted by Crippen LogP contribution is 2.36. The van der Waals surface area contributed by atoms with Gasteiger partial charge in [-0.3, -0.25) is 4.99 Å². The van der Waals surface area contributed by atoms with Crippen LogP contribution >= 0.6 is 11.6 Å². The van der Waals surface area contributed by atoms with Crippen molar-refractivity contribution >= 4 is 34.4 Å². The summed E-state index contributed by atoms with van der Waals surface area (Å²) in [5.41, 5.74) is 1.06. The van der Waals surface area contributed by atoms with E-state index in [1.54, 1.807) is 6.20 Å². The minimum Gasteiger partial charge on any atom is -0.361 e. The molecule has 0 aliphatic carbocycles. The van der Waals surface area contributed by atoms with Gasteiger partial charge in [0.2, 0.25) is 0 Å². The smallest absolute Gasteiger partial charge is 0.361 e. The zero-order valence-corrected chi connectivity index (χ0v) is 11.9. The van der Waals surface area contributed by atoms with Crippen LogP contribution in [0.4, 0.5) is 18.9 Å². The summed E-state index contributed by atoms with van der Waals surface area (Å²) in [6.07, 6.45) is -1.21. The number of halogens is 4. The Hall–Kier alpha value is -2.27. The van der Waals surface area contributed by atoms with E-state index in [1.165, 1.54) is 18.3 Å². The number of nitrogens with zero attached hydrogens (tertiary/aromatic N) is 1. The zero-order valence-electron chi connectivity index (χ0n) is 11.2. The van der Waals surface area contributed by atoms with Gasteiger partial charge in [-0.15, -0.1) is 0 Å². The molecule has 0 fully saturated rings. The molecule has 0 aliphatic heterocycles. The lowest BCUT2D eigenvalue weighted by Gasteiger charge is -2.08. The van der Waals surface area contributed by atoms with Crippen LogP contribution in [0.1, 0.15) is 11.1 Å². The first-order valence-corrected chi connectivity index (χ1v) is 6.80. The Balaban J connectivity index is 1.96. The number of hydrogen-bond donors (Lipinski definition) is 1. The van der Waals surface area contributed by atoms with Gasteiger partial charge in [0.25, 0.3) is 0 Å². The predicted octanol–water partition coefficient (Wildman–Crippen LogP) is 5.59. The second kappa shape index (κ2) is 5.50. The summed E-state index contributed by atoms with van der Waals surface area (Å²) in [7, 11) is 0. The lowest BCUT2D eigenvalue weighted by atomic mass is 10.2. The molecule has 112 valence electrons. The lowest BCUT2D eigenvalue weighted by Crippen LogP contribution is -2.05. The predicted molar refractivity (Wildman–Crippen MR) is 82.0 cm³/mol. The standard InChI is InChI=1S/C16H10ClF3N2/c17-14-6-5-11(7-13(14)16(18,19)20)21-8-10-9-22-15-4-2-1-3-12(10)15/h1-9,22H. The lowest BCUT2D eigenvalue weighted by molar-refractivity contribution is -0.137. The summed E-state index contributed by atoms with van der Waals surface area (Å²) < 4.78 is 38.4. The molecule has 0 saturated heterocycles. The number of benzene rings is 2. The molecule has 22 heavy (non-hydrogen) atoms. The number of aromatic nitrogens is 1. The first kappa shape index (κ1) is 14.7. The van der Waals surface area contributed by atoms with Gasteiger partial charge in [-0.1, -0.05) is 29.8 Å². The number of alkyl halides is 3. The Bertz CT molecular complexity index is 850. The van der Waals surface area contributed by atoms with Gasteiger partial charge in [-0.25, -0.2) is 0 Å². The second-order valence-corrected chi connectivity index (χ2v) is 5.12. The maximum absolute atomic E-state index is 12.8. The third kappa shape index (κ3) is 2.85. The Morgan fingerprint density at radius 3 is 2.64 bits per heavy atom. The third-order valence-corrected chi connectivity index (χ3v) is 3.56. The summed E-state index contributed by atoms with van der Waals surface area (Å²) in [5.74, 6) is 0. The Morgan fingerprint density at radius 2 is 1.86 bits per heavy atom. The van der Waals surface area contributed by atoms with E-state index in [2.05, 4.69) is 9.98 Å². The first-order valence-electron chi connectivity index (χ1n) is 6.42. The minimum absolute atomic E-state index is 0.196. The van der Waals surface area contributed by atoms with Crippen LogP contribution in [-0.4, -0.2) is 11.2 Å². The number of aromatic amines is 1. The second-order valence-electron chi connectivity index (χ2n) is 4.71. The Kier molecular flexibility index (Phi) is 3.66. The third-order valence-electron chi connectivity index (χ3n) is 3.23. The average Bonchev–Trinajstić information content (AvgIpc) is 2.88. The minimum atomic E-state index is -4.50. The van der Waals surface area contributed by atoms with Crippen molar-refractivity contribution in [1.29, 1.82) is 0 Å². The fraction of sp³-hybridized carbons (Fsp3) is 0.0625. The molecule has 0 aliphatic rings. The van der Waals surface area contributed by atoms with Gasteiger partial charge in [0.15, 0.2) is 0 Å². The topological polar surface area (TPSA) is 28.1 Å². The molecule has 0 saturated carbocycles. The van der Waals surface area contributed by atoms with Crippen molar-refractivity contribution in [2.75, 3.05) is 0 Å². The monoisotopic (exact) mass is 322 g/mol. The van der Waals surface area contributed by atoms with E-state index in [4.69, 9.17) is 11.6 Å². The molecule has 1 heterocycles. The van der Waals surface area contributed by atoms with Gasteiger partial charge in [-0.2, -0.15) is 13.2 Å². The highest BCUT2D eigenvalue weighted by atomic mass is 35.5. The van der Waals surface area contributed by atoms with Crippen molar-refractivity contribution < 1.29 is 13.2 Å². The van der Waals surface area contributed by atoms with E-state index in [1.807, 2.05) is 24.3 Å². The van der Waals surface area contributed by atoms with E-state index < -0.39 is 11.7 Å². The average molecular weight is 323 g/mol. The van der Waals surface area contributed by atoms with Crippen LogP contribution in [0.2, 0.25) is 5.02 Å². The molecule has 2 aromatic carbocycles. The van der Waals surface area contributed by atoms with Crippen molar-refractivity contribution in [3.05, 3.63) is 64.8 Å². The van der Waals surface area contributed by atoms with Crippen molar-refractivity contribution in [2.45, 2.75) is 6.18 Å². The van der Waals surface area contributed by atoms with E-state index in [9.17, 15) is 13.2 Å². The highest BCUT2D eigenvalue weighted by molar-refractivity contribution is 6.31. The summed E-state index contributed by atoms with van der Waals surface area (Å²) in [6.45, 7) is 0. The van der Waals surface area contributed by atoms with Crippen molar-refractivity contribution in [2.24, 2.45) is 4.99 Å². The van der Waals surface area contributed by atoms with Gasteiger partial charge in [0.05, 0.1) is 16.3 Å². The number of fused-ring (bicyclic) bond motifs is 1. The Morgan fingerprint density at radius 1 is 1.09 bits per heavy atom. The molecular weight excluding hydrogens is 313 g/mol. The van der Waals surface area contributed by atoms with Crippen LogP contribution in [0.15, 0.2) is 53.7 Å². The number of H-pyrrole nitrogens is 1. The molecule has 1 aromatic heterocycles. The number of nitrogens with one attached hydrogen (secondary N) is 1. The van der Waals surface area contributed by atoms with Crippen LogP contribution in [0.5, 0.6) is 0 Å². The molecule has 3 rings (SSSR count). The van der Waals surface area contributed by atoms with Crippen LogP contribution < -0.4 is 0 Å². The molecule has 0 bridgehead atoms. The van der Waals surface area contributed by atoms with Crippen molar-refractivity contribution in [3.8, 4) is 0 Å². The van der Waals surface area contributed by atoms with Gasteiger partial charge < -0.3 is 4.98 Å². The number of rotatable bonds is 2. The maximum atomic E-state index is 12.8. The Labute approximate surface area is 129 Å². The normalized spacial score (nSPS) is 12.4. The van der Waals surface area contributed by atoms with Gasteiger partial charge in [0, 0.05) is 28.9 Å². The van der Waals surface area contributed by atoms with E-state index in [0.717, 1.165) is 22.5 Å². The molecule has 0 radical (unpaired) electrons. The molecule has 6 heteroatoms. The highest BCUT2D eigenvalue weighted by Gasteiger charge is 2.33. The molecular formula is C16H10ClF3N2. The molecule has 0 spiro atoms. The molecule has 0 amide bonds. The summed E-state index contributed by atoms with van der Waals surface area (Å²) in [4.78, 5) is 7.19. The van der Waals surface area contributed by atoms with Crippen LogP contribution in [0.25, 0.3) is 10.9 Å². The SMILES string of the molecule is FC(F)(F)c1cc(N=Cc2c[nH]c3ccccc23)ccc1Cl. The summed E-state index contributed by atoms with van der Waals surface area (Å²) in [5, 5.41) is 0.620. The van der Waals surface area contributed by atoms with Crippen molar-refractivity contribution in [1.82, 2.24) is 4.98 Å². The fourth-order valence-electron chi connectivity index (χ4n) is 2.16. The van der Waals surface area contributed by atoms with Crippen LogP contribution in [0.3, 0.4) is 0 Å². The van der Waals surface area contributed by atoms with Crippen LogP contribution in [-0.2, 0) is 6.18 Å². The van der Waals surface area contributed by atoms with Crippen molar-refractivity contribution in [3.63, 3.8) is 0 Å². The summed E-state index contributed by atoms with van der Waals surface area (Å²) in [6, 6.07) is 11.2. The largest absolute Gasteiger partial charge is 0.417 e. The maximum Gasteiger partial charge on any atom is 0.417 e.